The molecule has 1 amide bonds. The fourth-order valence-electron chi connectivity index (χ4n) is 2.48. The van der Waals surface area contributed by atoms with Gasteiger partial charge in [0.05, 0.1) is 11.7 Å². The number of nitrogens with zero attached hydrogens (tertiary/aromatic N) is 1. The number of carbonyl (C=O) groups excluding carboxylic acids is 1. The van der Waals surface area contributed by atoms with Gasteiger partial charge in [0.1, 0.15) is 6.04 Å². The molecular formula is C16H17N3O. The Balaban J connectivity index is 1.64. The minimum absolute atomic E-state index is 0.0133. The quantitative estimate of drug-likeness (QED) is 0.897. The highest BCUT2D eigenvalue weighted by atomic mass is 16.2. The first-order chi connectivity index (χ1) is 9.74. The number of fused-ring (bicyclic) bond motifs is 1. The maximum atomic E-state index is 12.3. The molecule has 0 bridgehead atoms. The smallest absolute Gasteiger partial charge is 0.243 e. The second kappa shape index (κ2) is 5.33. The van der Waals surface area contributed by atoms with Crippen molar-refractivity contribution in [3.63, 3.8) is 0 Å². The van der Waals surface area contributed by atoms with Crippen LogP contribution in [-0.4, -0.2) is 16.9 Å². The summed E-state index contributed by atoms with van der Waals surface area (Å²) < 4.78 is 0. The highest BCUT2D eigenvalue weighted by molar-refractivity contribution is 5.87. The van der Waals surface area contributed by atoms with Gasteiger partial charge in [-0.25, -0.2) is 0 Å². The average molecular weight is 267 g/mol. The van der Waals surface area contributed by atoms with E-state index in [2.05, 4.69) is 21.7 Å². The molecule has 0 aliphatic carbocycles. The number of aromatic nitrogens is 1. The number of hydrogen-bond acceptors (Lipinski definition) is 3. The molecule has 2 N–H and O–H groups in total. The lowest BCUT2D eigenvalue weighted by molar-refractivity contribution is -0.122. The lowest BCUT2D eigenvalue weighted by Crippen LogP contribution is -2.39. The molecule has 3 rings (SSSR count). The minimum atomic E-state index is -0.196. The van der Waals surface area contributed by atoms with Crippen LogP contribution in [0.5, 0.6) is 0 Å². The molecule has 4 nitrogen and oxygen atoms in total. The van der Waals surface area contributed by atoms with Crippen LogP contribution in [0.25, 0.3) is 0 Å². The van der Waals surface area contributed by atoms with Gasteiger partial charge in [0, 0.05) is 18.3 Å². The SMILES string of the molecule is C[C@@H](NC(=O)[C@@H]1Cc2ccccc2N1)c1ccccn1. The molecular weight excluding hydrogens is 250 g/mol. The Labute approximate surface area is 118 Å². The molecule has 2 heterocycles. The number of amides is 1. The van der Waals surface area contributed by atoms with E-state index < -0.39 is 0 Å². The number of para-hydroxylation sites is 1. The van der Waals surface area contributed by atoms with Crippen LogP contribution in [0, 0.1) is 0 Å². The summed E-state index contributed by atoms with van der Waals surface area (Å²) in [5, 5.41) is 6.27. The number of nitrogens with one attached hydrogen (secondary N) is 2. The molecule has 1 aliphatic rings. The van der Waals surface area contributed by atoms with Gasteiger partial charge in [-0.2, -0.15) is 0 Å². The van der Waals surface area contributed by atoms with Crippen molar-refractivity contribution in [2.45, 2.75) is 25.4 Å². The summed E-state index contributed by atoms with van der Waals surface area (Å²) in [6.45, 7) is 1.95. The standard InChI is InChI=1S/C16H17N3O/c1-11(13-7-4-5-9-17-13)18-16(20)15-10-12-6-2-3-8-14(12)19-15/h2-9,11,15,19H,10H2,1H3,(H,18,20)/t11-,15+/m1/s1. The summed E-state index contributed by atoms with van der Waals surface area (Å²) in [4.78, 5) is 16.6. The van der Waals surface area contributed by atoms with Gasteiger partial charge in [-0.15, -0.1) is 0 Å². The van der Waals surface area contributed by atoms with Crippen LogP contribution < -0.4 is 10.6 Å². The monoisotopic (exact) mass is 267 g/mol. The Morgan fingerprint density at radius 1 is 1.30 bits per heavy atom. The Morgan fingerprint density at radius 2 is 2.10 bits per heavy atom. The molecule has 0 saturated heterocycles. The van der Waals surface area contributed by atoms with Crippen molar-refractivity contribution in [2.24, 2.45) is 0 Å². The van der Waals surface area contributed by atoms with Gasteiger partial charge in [0.2, 0.25) is 5.91 Å². The van der Waals surface area contributed by atoms with E-state index in [0.29, 0.717) is 0 Å². The van der Waals surface area contributed by atoms with E-state index >= 15 is 0 Å². The summed E-state index contributed by atoms with van der Waals surface area (Å²) in [5.74, 6) is 0.0133. The molecule has 0 spiro atoms. The third kappa shape index (κ3) is 2.50. The molecule has 20 heavy (non-hydrogen) atoms. The van der Waals surface area contributed by atoms with E-state index in [4.69, 9.17) is 0 Å². The zero-order valence-corrected chi connectivity index (χ0v) is 11.3. The van der Waals surface area contributed by atoms with Gasteiger partial charge in [0.25, 0.3) is 0 Å². The summed E-state index contributed by atoms with van der Waals surface area (Å²) in [5.41, 5.74) is 3.12. The third-order valence-corrected chi connectivity index (χ3v) is 3.58. The van der Waals surface area contributed by atoms with Gasteiger partial charge >= 0.3 is 0 Å². The molecule has 1 aromatic heterocycles. The van der Waals surface area contributed by atoms with Crippen LogP contribution >= 0.6 is 0 Å². The van der Waals surface area contributed by atoms with E-state index in [0.717, 1.165) is 17.8 Å². The Morgan fingerprint density at radius 3 is 2.85 bits per heavy atom. The van der Waals surface area contributed by atoms with Gasteiger partial charge < -0.3 is 10.6 Å². The predicted octanol–water partition coefficient (Wildman–Crippen LogP) is 2.30. The average Bonchev–Trinajstić information content (AvgIpc) is 2.92. The van der Waals surface area contributed by atoms with Crippen LogP contribution in [0.2, 0.25) is 0 Å². The first kappa shape index (κ1) is 12.7. The summed E-state index contributed by atoms with van der Waals surface area (Å²) in [7, 11) is 0. The van der Waals surface area contributed by atoms with E-state index in [1.807, 2.05) is 43.3 Å². The summed E-state index contributed by atoms with van der Waals surface area (Å²) in [6.07, 6.45) is 2.47. The number of anilines is 1. The van der Waals surface area contributed by atoms with Gasteiger partial charge in [-0.3, -0.25) is 9.78 Å². The molecule has 0 fully saturated rings. The van der Waals surface area contributed by atoms with Crippen molar-refractivity contribution in [3.8, 4) is 0 Å². The Kier molecular flexibility index (Phi) is 3.37. The van der Waals surface area contributed by atoms with Crippen molar-refractivity contribution in [1.82, 2.24) is 10.3 Å². The molecule has 0 radical (unpaired) electrons. The first-order valence-corrected chi connectivity index (χ1v) is 6.80. The second-order valence-electron chi connectivity index (χ2n) is 5.04. The predicted molar refractivity (Wildman–Crippen MR) is 78.4 cm³/mol. The maximum Gasteiger partial charge on any atom is 0.243 e. The van der Waals surface area contributed by atoms with E-state index in [1.165, 1.54) is 5.56 Å². The molecule has 0 saturated carbocycles. The number of rotatable bonds is 3. The van der Waals surface area contributed by atoms with Crippen molar-refractivity contribution in [2.75, 3.05) is 5.32 Å². The van der Waals surface area contributed by atoms with Gasteiger partial charge in [-0.1, -0.05) is 24.3 Å². The van der Waals surface area contributed by atoms with Crippen molar-refractivity contribution in [1.29, 1.82) is 0 Å². The maximum absolute atomic E-state index is 12.3. The summed E-state index contributed by atoms with van der Waals surface area (Å²) in [6, 6.07) is 13.5. The molecule has 2 atom stereocenters. The number of benzene rings is 1. The molecule has 4 heteroatoms. The molecule has 2 aromatic rings. The van der Waals surface area contributed by atoms with E-state index in [9.17, 15) is 4.79 Å². The van der Waals surface area contributed by atoms with Crippen LogP contribution in [-0.2, 0) is 11.2 Å². The van der Waals surface area contributed by atoms with Gasteiger partial charge in [0.15, 0.2) is 0 Å². The fraction of sp³-hybridized carbons (Fsp3) is 0.250. The first-order valence-electron chi connectivity index (χ1n) is 6.80. The van der Waals surface area contributed by atoms with Crippen LogP contribution in [0.3, 0.4) is 0 Å². The number of carbonyl (C=O) groups is 1. The number of pyridine rings is 1. The second-order valence-corrected chi connectivity index (χ2v) is 5.04. The van der Waals surface area contributed by atoms with Crippen molar-refractivity contribution < 1.29 is 4.79 Å². The molecule has 102 valence electrons. The Hall–Kier alpha value is -2.36. The van der Waals surface area contributed by atoms with Crippen molar-refractivity contribution in [3.05, 3.63) is 59.9 Å². The van der Waals surface area contributed by atoms with Gasteiger partial charge in [-0.05, 0) is 30.7 Å². The Bertz CT molecular complexity index is 587. The normalized spacial score (nSPS) is 17.9. The molecule has 1 aliphatic heterocycles. The van der Waals surface area contributed by atoms with Crippen LogP contribution in [0.1, 0.15) is 24.2 Å². The zero-order valence-electron chi connectivity index (χ0n) is 11.3. The molecule has 1 aromatic carbocycles. The highest BCUT2D eigenvalue weighted by Gasteiger charge is 2.27. The fourth-order valence-corrected chi connectivity index (χ4v) is 2.48. The van der Waals surface area contributed by atoms with E-state index in [-0.39, 0.29) is 18.0 Å². The van der Waals surface area contributed by atoms with E-state index in [1.54, 1.807) is 6.20 Å². The lowest BCUT2D eigenvalue weighted by atomic mass is 10.1. The van der Waals surface area contributed by atoms with Crippen LogP contribution in [0.4, 0.5) is 5.69 Å². The number of hydrogen-bond donors (Lipinski definition) is 2. The van der Waals surface area contributed by atoms with Crippen LogP contribution in [0.15, 0.2) is 48.7 Å². The van der Waals surface area contributed by atoms with Crippen molar-refractivity contribution >= 4 is 11.6 Å². The lowest BCUT2D eigenvalue weighted by Gasteiger charge is -2.17. The largest absolute Gasteiger partial charge is 0.373 e. The minimum Gasteiger partial charge on any atom is -0.373 e. The molecule has 0 unspecified atom stereocenters. The third-order valence-electron chi connectivity index (χ3n) is 3.58. The highest BCUT2D eigenvalue weighted by Crippen LogP contribution is 2.25. The topological polar surface area (TPSA) is 54.0 Å². The summed E-state index contributed by atoms with van der Waals surface area (Å²) >= 11 is 0. The zero-order chi connectivity index (χ0) is 13.9.